The molecule has 0 amide bonds. The molecule has 2 radical (unpaired) electrons. The summed E-state index contributed by atoms with van der Waals surface area (Å²) in [5, 5.41) is 0.301. The van der Waals surface area contributed by atoms with E-state index in [-0.39, 0.29) is 0 Å². The van der Waals surface area contributed by atoms with Gasteiger partial charge >= 0.3 is 0 Å². The van der Waals surface area contributed by atoms with E-state index >= 15 is 0 Å². The van der Waals surface area contributed by atoms with Gasteiger partial charge in [0.25, 0.3) is 0 Å². The highest BCUT2D eigenvalue weighted by Crippen LogP contribution is 2.17. The summed E-state index contributed by atoms with van der Waals surface area (Å²) in [5.74, 6) is 0.769. The third-order valence-electron chi connectivity index (χ3n) is 1.32. The van der Waals surface area contributed by atoms with E-state index in [0.717, 1.165) is 5.99 Å². The zero-order valence-corrected chi connectivity index (χ0v) is 7.37. The maximum Gasteiger partial charge on any atom is 0.208 e. The Hall–Kier alpha value is 0.480. The van der Waals surface area contributed by atoms with Crippen LogP contribution in [-0.4, -0.2) is 19.0 Å². The number of hydrogen-bond acceptors (Lipinski definition) is 1. The van der Waals surface area contributed by atoms with Gasteiger partial charge in [-0.1, -0.05) is 33.4 Å². The monoisotopic (exact) mass is 140 g/mol. The smallest absolute Gasteiger partial charge is 0.208 e. The molecule has 50 valence electrons. The molecule has 0 aliphatic rings. The highest BCUT2D eigenvalue weighted by molar-refractivity contribution is 8.26. The minimum atomic E-state index is 0.301. The highest BCUT2D eigenvalue weighted by atomic mass is 32.2. The Morgan fingerprint density at radius 3 is 2.00 bits per heavy atom. The van der Waals surface area contributed by atoms with Crippen molar-refractivity contribution in [2.45, 2.75) is 38.6 Å². The SMILES string of the molecule is [B]C(C)SB(CC)CC. The van der Waals surface area contributed by atoms with Crippen LogP contribution in [-0.2, 0) is 0 Å². The molecule has 3 heteroatoms. The maximum absolute atomic E-state index is 5.61. The first-order chi connectivity index (χ1) is 4.20. The van der Waals surface area contributed by atoms with Crippen LogP contribution < -0.4 is 0 Å². The van der Waals surface area contributed by atoms with Gasteiger partial charge in [-0.25, -0.2) is 11.6 Å². The van der Waals surface area contributed by atoms with Crippen LogP contribution in [0.15, 0.2) is 0 Å². The largest absolute Gasteiger partial charge is 0.216 e. The third-order valence-corrected chi connectivity index (χ3v) is 2.80. The van der Waals surface area contributed by atoms with E-state index < -0.39 is 0 Å². The third kappa shape index (κ3) is 4.95. The van der Waals surface area contributed by atoms with Crippen LogP contribution in [0.4, 0.5) is 0 Å². The molecule has 1 unspecified atom stereocenters. The minimum Gasteiger partial charge on any atom is -0.216 e. The molecule has 1 atom stereocenters. The zero-order chi connectivity index (χ0) is 7.28. The average molecular weight is 140 g/mol. The van der Waals surface area contributed by atoms with Gasteiger partial charge in [-0.15, -0.1) is 0 Å². The summed E-state index contributed by atoms with van der Waals surface area (Å²) in [6, 6.07) is 0. The van der Waals surface area contributed by atoms with Crippen molar-refractivity contribution in [1.82, 2.24) is 0 Å². The lowest BCUT2D eigenvalue weighted by Gasteiger charge is -2.10. The average Bonchev–Trinajstić information content (AvgIpc) is 1.82. The molecular formula is C6H14B2S. The summed E-state index contributed by atoms with van der Waals surface area (Å²) < 4.78 is 0. The van der Waals surface area contributed by atoms with Crippen LogP contribution in [0.2, 0.25) is 12.6 Å². The van der Waals surface area contributed by atoms with Gasteiger partial charge in [0, 0.05) is 0 Å². The maximum atomic E-state index is 5.61. The molecule has 0 aromatic rings. The summed E-state index contributed by atoms with van der Waals surface area (Å²) in [6.07, 6.45) is 2.48. The first-order valence-electron chi connectivity index (χ1n) is 3.61. The van der Waals surface area contributed by atoms with Crippen LogP contribution >= 0.6 is 11.6 Å². The molecule has 9 heavy (non-hydrogen) atoms. The molecule has 0 spiro atoms. The second-order valence-corrected chi connectivity index (χ2v) is 3.96. The first-order valence-corrected chi connectivity index (χ1v) is 4.56. The Morgan fingerprint density at radius 2 is 1.89 bits per heavy atom. The molecule has 0 nitrogen and oxygen atoms in total. The lowest BCUT2D eigenvalue weighted by molar-refractivity contribution is 1.34. The fourth-order valence-electron chi connectivity index (χ4n) is 0.785. The predicted molar refractivity (Wildman–Crippen MR) is 49.5 cm³/mol. The first kappa shape index (κ1) is 9.48. The fraction of sp³-hybridized carbons (Fsp3) is 1.00. The lowest BCUT2D eigenvalue weighted by Crippen LogP contribution is -2.09. The second kappa shape index (κ2) is 5.28. The summed E-state index contributed by atoms with van der Waals surface area (Å²) in [5.41, 5.74) is 0. The molecule has 0 bridgehead atoms. The highest BCUT2D eigenvalue weighted by Gasteiger charge is 2.09. The van der Waals surface area contributed by atoms with E-state index in [1.165, 1.54) is 12.6 Å². The summed E-state index contributed by atoms with van der Waals surface area (Å²) >= 11 is 1.88. The van der Waals surface area contributed by atoms with Crippen molar-refractivity contribution in [2.24, 2.45) is 0 Å². The van der Waals surface area contributed by atoms with Crippen molar-refractivity contribution in [1.29, 1.82) is 0 Å². The minimum absolute atomic E-state index is 0.301. The van der Waals surface area contributed by atoms with Gasteiger partial charge in [-0.2, -0.15) is 0 Å². The van der Waals surface area contributed by atoms with E-state index in [1.54, 1.807) is 0 Å². The van der Waals surface area contributed by atoms with E-state index in [0.29, 0.717) is 5.15 Å². The summed E-state index contributed by atoms with van der Waals surface area (Å²) in [4.78, 5) is 0. The van der Waals surface area contributed by atoms with Crippen molar-refractivity contribution in [3.8, 4) is 0 Å². The molecule has 0 aromatic carbocycles. The van der Waals surface area contributed by atoms with Crippen molar-refractivity contribution >= 4 is 25.5 Å². The van der Waals surface area contributed by atoms with E-state index in [2.05, 4.69) is 13.8 Å². The van der Waals surface area contributed by atoms with Crippen molar-refractivity contribution in [3.05, 3.63) is 0 Å². The predicted octanol–water partition coefficient (Wildman–Crippen LogP) is 2.27. The van der Waals surface area contributed by atoms with Gasteiger partial charge in [0.2, 0.25) is 5.99 Å². The summed E-state index contributed by atoms with van der Waals surface area (Å²) in [7, 11) is 5.61. The van der Waals surface area contributed by atoms with Crippen LogP contribution in [0.3, 0.4) is 0 Å². The van der Waals surface area contributed by atoms with Crippen molar-refractivity contribution in [2.75, 3.05) is 0 Å². The van der Waals surface area contributed by atoms with Crippen LogP contribution in [0.25, 0.3) is 0 Å². The van der Waals surface area contributed by atoms with Crippen molar-refractivity contribution < 1.29 is 0 Å². The molecule has 0 N–H and O–H groups in total. The molecule has 0 heterocycles. The molecule has 0 aliphatic heterocycles. The summed E-state index contributed by atoms with van der Waals surface area (Å²) in [6.45, 7) is 6.47. The van der Waals surface area contributed by atoms with Gasteiger partial charge in [0.05, 0.1) is 7.85 Å². The van der Waals surface area contributed by atoms with Gasteiger partial charge in [0.15, 0.2) is 0 Å². The topological polar surface area (TPSA) is 0 Å². The van der Waals surface area contributed by atoms with Crippen LogP contribution in [0.5, 0.6) is 0 Å². The Morgan fingerprint density at radius 1 is 1.44 bits per heavy atom. The Bertz CT molecular complexity index is 62.1. The van der Waals surface area contributed by atoms with Gasteiger partial charge in [0.1, 0.15) is 0 Å². The molecule has 0 saturated carbocycles. The molecule has 0 aliphatic carbocycles. The number of rotatable bonds is 4. The van der Waals surface area contributed by atoms with Crippen LogP contribution in [0, 0.1) is 0 Å². The zero-order valence-electron chi connectivity index (χ0n) is 6.55. The van der Waals surface area contributed by atoms with E-state index in [4.69, 9.17) is 7.85 Å². The Labute approximate surface area is 64.6 Å². The van der Waals surface area contributed by atoms with E-state index in [9.17, 15) is 0 Å². The second-order valence-electron chi connectivity index (χ2n) is 2.28. The lowest BCUT2D eigenvalue weighted by atomic mass is 9.70. The molecule has 0 fully saturated rings. The Kier molecular flexibility index (Phi) is 5.56. The number of hydrogen-bond donors (Lipinski definition) is 0. The standard InChI is InChI=1S/C6H14B2S/c1-4-8(5-2)9-6(3)7/h6H,4-5H2,1-3H3. The molecule has 0 saturated heterocycles. The van der Waals surface area contributed by atoms with E-state index in [1.807, 2.05) is 18.5 Å². The van der Waals surface area contributed by atoms with Gasteiger partial charge in [-0.05, 0) is 5.15 Å². The normalized spacial score (nSPS) is 13.2. The van der Waals surface area contributed by atoms with Gasteiger partial charge in [-0.3, -0.25) is 0 Å². The van der Waals surface area contributed by atoms with Gasteiger partial charge < -0.3 is 0 Å². The molecule has 0 rings (SSSR count). The fourth-order valence-corrected chi connectivity index (χ4v) is 1.78. The van der Waals surface area contributed by atoms with Crippen molar-refractivity contribution in [3.63, 3.8) is 0 Å². The quantitative estimate of drug-likeness (QED) is 0.539. The Balaban J connectivity index is 3.31. The molecule has 0 aromatic heterocycles. The molecular weight excluding hydrogens is 126 g/mol. The van der Waals surface area contributed by atoms with Crippen LogP contribution in [0.1, 0.15) is 20.8 Å².